The molecule has 1 nitrogen and oxygen atoms in total. The Morgan fingerprint density at radius 3 is 2.29 bits per heavy atom. The molecule has 1 unspecified atom stereocenters. The highest BCUT2D eigenvalue weighted by molar-refractivity contribution is 5.68. The summed E-state index contributed by atoms with van der Waals surface area (Å²) in [6.07, 6.45) is 21.0. The predicted molar refractivity (Wildman–Crippen MR) is 166 cm³/mol. The molecule has 1 aromatic rings. The third kappa shape index (κ3) is 6.16. The van der Waals surface area contributed by atoms with Gasteiger partial charge in [-0.25, -0.2) is 4.79 Å². The first-order valence-corrected chi connectivity index (χ1v) is 14.8. The number of rotatable bonds is 7. The lowest BCUT2D eigenvalue weighted by Gasteiger charge is -2.42. The van der Waals surface area contributed by atoms with Gasteiger partial charge in [-0.2, -0.15) is 0 Å². The van der Waals surface area contributed by atoms with E-state index in [-0.39, 0.29) is 16.2 Å². The maximum atomic E-state index is 12.5. The zero-order valence-corrected chi connectivity index (χ0v) is 25.4. The van der Waals surface area contributed by atoms with Gasteiger partial charge in [-0.1, -0.05) is 128 Å². The molecule has 0 N–H and O–H groups in total. The summed E-state index contributed by atoms with van der Waals surface area (Å²) < 4.78 is 0. The van der Waals surface area contributed by atoms with Gasteiger partial charge in [-0.3, -0.25) is 0 Å². The molecule has 4 rings (SSSR count). The Kier molecular flexibility index (Phi) is 9.48. The molecule has 1 atom stereocenters. The summed E-state index contributed by atoms with van der Waals surface area (Å²) in [5, 5.41) is 0. The van der Waals surface area contributed by atoms with Crippen molar-refractivity contribution in [3.63, 3.8) is 0 Å². The molecule has 0 bridgehead atoms. The zero-order chi connectivity index (χ0) is 28.1. The van der Waals surface area contributed by atoms with Crippen molar-refractivity contribution < 1.29 is 4.79 Å². The second kappa shape index (κ2) is 12.0. The standard InChI is InChI=1S/C35H44O.C2H6/c1-8-9-15-35(16-11-10-12-25(2)23-35)32(24-36)28-14-13-27(20-28)21-29-22-31-30(19-26(29)3)33(4,5)17-18-34(31,6)7;1-2/h10-14,16,19,22H,2,8-9,15,17-18,20-21,23H2,1,3-7H3;1-2H3. The van der Waals surface area contributed by atoms with Gasteiger partial charge in [0.15, 0.2) is 0 Å². The molecule has 1 heteroatoms. The van der Waals surface area contributed by atoms with Crippen molar-refractivity contribution in [1.82, 2.24) is 0 Å². The minimum atomic E-state index is -0.315. The Bertz CT molecular complexity index is 1220. The minimum Gasteiger partial charge on any atom is -0.233 e. The predicted octanol–water partition coefficient (Wildman–Crippen LogP) is 10.2. The average molecular weight is 511 g/mol. The van der Waals surface area contributed by atoms with Crippen molar-refractivity contribution in [2.24, 2.45) is 5.41 Å². The summed E-state index contributed by atoms with van der Waals surface area (Å²) in [6.45, 7) is 22.3. The number of hydrogen-bond acceptors (Lipinski definition) is 1. The minimum absolute atomic E-state index is 0.210. The Morgan fingerprint density at radius 2 is 1.66 bits per heavy atom. The van der Waals surface area contributed by atoms with E-state index in [0.717, 1.165) is 55.2 Å². The van der Waals surface area contributed by atoms with Crippen LogP contribution < -0.4 is 0 Å². The molecule has 3 aliphatic carbocycles. The molecule has 0 spiro atoms. The van der Waals surface area contributed by atoms with E-state index in [1.54, 1.807) is 0 Å². The third-order valence-electron chi connectivity index (χ3n) is 8.96. The van der Waals surface area contributed by atoms with Crippen LogP contribution in [-0.2, 0) is 22.0 Å². The molecule has 0 aromatic heterocycles. The fraction of sp³-hybridized carbons (Fsp3) is 0.514. The van der Waals surface area contributed by atoms with E-state index < -0.39 is 0 Å². The molecule has 3 aliphatic rings. The second-order valence-electron chi connectivity index (χ2n) is 12.8. The molecule has 204 valence electrons. The van der Waals surface area contributed by atoms with E-state index >= 15 is 0 Å². The number of benzene rings is 1. The highest BCUT2D eigenvalue weighted by Crippen LogP contribution is 2.48. The zero-order valence-electron chi connectivity index (χ0n) is 25.4. The smallest absolute Gasteiger partial charge is 0.129 e. The first-order chi connectivity index (χ1) is 18.0. The molecule has 0 saturated carbocycles. The molecule has 0 aliphatic heterocycles. The fourth-order valence-electron chi connectivity index (χ4n) is 6.48. The van der Waals surface area contributed by atoms with Crippen LogP contribution in [0.15, 0.2) is 77.5 Å². The lowest BCUT2D eigenvalue weighted by Crippen LogP contribution is -2.34. The highest BCUT2D eigenvalue weighted by Gasteiger charge is 2.38. The van der Waals surface area contributed by atoms with Gasteiger partial charge in [-0.05, 0) is 84.1 Å². The highest BCUT2D eigenvalue weighted by atomic mass is 16.1. The van der Waals surface area contributed by atoms with Gasteiger partial charge in [0.2, 0.25) is 0 Å². The van der Waals surface area contributed by atoms with Gasteiger partial charge in [0.1, 0.15) is 5.94 Å². The lowest BCUT2D eigenvalue weighted by molar-refractivity contribution is 0.331. The molecule has 0 amide bonds. The molecule has 38 heavy (non-hydrogen) atoms. The summed E-state index contributed by atoms with van der Waals surface area (Å²) in [7, 11) is 0. The monoisotopic (exact) mass is 510 g/mol. The van der Waals surface area contributed by atoms with Crippen LogP contribution in [-0.4, -0.2) is 5.94 Å². The van der Waals surface area contributed by atoms with Crippen molar-refractivity contribution in [2.75, 3.05) is 0 Å². The molecule has 1 aromatic carbocycles. The van der Waals surface area contributed by atoms with Crippen LogP contribution in [0.2, 0.25) is 0 Å². The molecule has 0 heterocycles. The van der Waals surface area contributed by atoms with Crippen LogP contribution in [0.1, 0.15) is 116 Å². The van der Waals surface area contributed by atoms with Crippen LogP contribution in [0, 0.1) is 12.3 Å². The summed E-state index contributed by atoms with van der Waals surface area (Å²) in [4.78, 5) is 12.5. The summed E-state index contributed by atoms with van der Waals surface area (Å²) in [5.74, 6) is 2.41. The molecular formula is C37H50O. The number of allylic oxidation sites excluding steroid dienone is 10. The van der Waals surface area contributed by atoms with Crippen molar-refractivity contribution in [3.05, 3.63) is 99.7 Å². The van der Waals surface area contributed by atoms with Crippen LogP contribution in [0.4, 0.5) is 0 Å². The van der Waals surface area contributed by atoms with Crippen LogP contribution in [0.5, 0.6) is 0 Å². The Labute approximate surface area is 233 Å². The maximum absolute atomic E-state index is 12.5. The first-order valence-electron chi connectivity index (χ1n) is 14.8. The van der Waals surface area contributed by atoms with Gasteiger partial charge < -0.3 is 0 Å². The van der Waals surface area contributed by atoms with E-state index in [1.165, 1.54) is 40.7 Å². The number of unbranched alkanes of at least 4 members (excludes halogenated alkanes) is 1. The second-order valence-corrected chi connectivity index (χ2v) is 12.8. The van der Waals surface area contributed by atoms with Gasteiger partial charge >= 0.3 is 0 Å². The molecule has 0 radical (unpaired) electrons. The van der Waals surface area contributed by atoms with Crippen molar-refractivity contribution >= 4 is 5.94 Å². The molecule has 0 saturated heterocycles. The SMILES string of the molecule is C=C1C=CC=CC(CCCC)(C(=C=O)C2=CC=C(Cc3cc4c(cc3C)C(C)(C)CCC4(C)C)C2)C1.CC. The number of aryl methyl sites for hydroxylation is 1. The Hall–Kier alpha value is -2.63. The molecule has 0 fully saturated rings. The topological polar surface area (TPSA) is 17.1 Å². The van der Waals surface area contributed by atoms with E-state index in [9.17, 15) is 4.79 Å². The summed E-state index contributed by atoms with van der Waals surface area (Å²) in [6, 6.07) is 4.95. The van der Waals surface area contributed by atoms with Crippen LogP contribution >= 0.6 is 0 Å². The number of hydrogen-bond donors (Lipinski definition) is 0. The van der Waals surface area contributed by atoms with Crippen LogP contribution in [0.25, 0.3) is 0 Å². The Balaban J connectivity index is 0.00000195. The summed E-state index contributed by atoms with van der Waals surface area (Å²) in [5.41, 5.74) is 10.4. The van der Waals surface area contributed by atoms with Gasteiger partial charge in [0.05, 0.1) is 0 Å². The number of carbonyl (C=O) groups excluding carboxylic acids is 1. The van der Waals surface area contributed by atoms with Gasteiger partial charge in [0.25, 0.3) is 0 Å². The fourth-order valence-corrected chi connectivity index (χ4v) is 6.48. The Morgan fingerprint density at radius 1 is 1.00 bits per heavy atom. The third-order valence-corrected chi connectivity index (χ3v) is 8.96. The maximum Gasteiger partial charge on any atom is 0.129 e. The van der Waals surface area contributed by atoms with E-state index in [0.29, 0.717) is 0 Å². The van der Waals surface area contributed by atoms with E-state index in [4.69, 9.17) is 0 Å². The average Bonchev–Trinajstić information content (AvgIpc) is 3.24. The normalized spacial score (nSPS) is 22.9. The van der Waals surface area contributed by atoms with Gasteiger partial charge in [0, 0.05) is 11.0 Å². The lowest BCUT2D eigenvalue weighted by atomic mass is 9.62. The van der Waals surface area contributed by atoms with Gasteiger partial charge in [-0.15, -0.1) is 0 Å². The largest absolute Gasteiger partial charge is 0.233 e. The quantitative estimate of drug-likeness (QED) is 0.333. The van der Waals surface area contributed by atoms with Crippen molar-refractivity contribution in [2.45, 2.75) is 118 Å². The van der Waals surface area contributed by atoms with Crippen LogP contribution in [0.3, 0.4) is 0 Å². The first kappa shape index (κ1) is 29.9. The van der Waals surface area contributed by atoms with Crippen molar-refractivity contribution in [3.8, 4) is 0 Å². The van der Waals surface area contributed by atoms with Crippen molar-refractivity contribution in [1.29, 1.82) is 0 Å². The molecular weight excluding hydrogens is 460 g/mol. The summed E-state index contributed by atoms with van der Waals surface area (Å²) >= 11 is 0. The number of fused-ring (bicyclic) bond motifs is 1. The van der Waals surface area contributed by atoms with E-state index in [2.05, 4.69) is 96.6 Å². The van der Waals surface area contributed by atoms with E-state index in [1.807, 2.05) is 19.9 Å².